The van der Waals surface area contributed by atoms with Gasteiger partial charge in [-0.1, -0.05) is 0 Å². The van der Waals surface area contributed by atoms with Gasteiger partial charge in [0.15, 0.2) is 0 Å². The molecule has 3 nitrogen and oxygen atoms in total. The van der Waals surface area contributed by atoms with Crippen molar-refractivity contribution >= 4 is 6.21 Å². The molecule has 0 aromatic carbocycles. The molecule has 0 amide bonds. The summed E-state index contributed by atoms with van der Waals surface area (Å²) in [6, 6.07) is 0. The molecule has 0 spiro atoms. The molecular weight excluding hydrogens is 162 g/mol. The molecule has 2 aliphatic rings. The van der Waals surface area contributed by atoms with Gasteiger partial charge in [-0.15, -0.1) is 0 Å². The van der Waals surface area contributed by atoms with Gasteiger partial charge in [0.25, 0.3) is 0 Å². The van der Waals surface area contributed by atoms with E-state index in [0.717, 1.165) is 19.0 Å². The Kier molecular flexibility index (Phi) is 3.33. The lowest BCUT2D eigenvalue weighted by atomic mass is 9.97. The molecule has 2 aliphatic heterocycles. The number of piperidine rings is 1. The second kappa shape index (κ2) is 4.72. The van der Waals surface area contributed by atoms with E-state index in [1.165, 1.54) is 39.0 Å². The van der Waals surface area contributed by atoms with Crippen LogP contribution >= 0.6 is 0 Å². The van der Waals surface area contributed by atoms with E-state index in [1.54, 1.807) is 0 Å². The third-order valence-corrected chi connectivity index (χ3v) is 2.99. The Hall–Kier alpha value is -0.410. The van der Waals surface area contributed by atoms with Gasteiger partial charge in [-0.25, -0.2) is 0 Å². The molecule has 0 bridgehead atoms. The molecule has 1 fully saturated rings. The van der Waals surface area contributed by atoms with Crippen molar-refractivity contribution in [2.24, 2.45) is 10.9 Å². The molecule has 0 saturated carbocycles. The number of rotatable bonds is 2. The van der Waals surface area contributed by atoms with E-state index in [1.807, 2.05) is 0 Å². The minimum absolute atomic E-state index is 0.924. The highest BCUT2D eigenvalue weighted by atomic mass is 15.2. The average molecular weight is 181 g/mol. The van der Waals surface area contributed by atoms with Crippen molar-refractivity contribution in [3.8, 4) is 0 Å². The maximum absolute atomic E-state index is 4.24. The zero-order valence-electron chi connectivity index (χ0n) is 8.21. The predicted molar refractivity (Wildman–Crippen MR) is 55.4 cm³/mol. The fourth-order valence-electron chi connectivity index (χ4n) is 2.15. The predicted octanol–water partition coefficient (Wildman–Crippen LogP) is 0.372. The van der Waals surface area contributed by atoms with Gasteiger partial charge in [-0.3, -0.25) is 9.89 Å². The van der Waals surface area contributed by atoms with E-state index in [-0.39, 0.29) is 0 Å². The molecule has 1 saturated heterocycles. The van der Waals surface area contributed by atoms with Crippen LogP contribution in [0.1, 0.15) is 12.8 Å². The van der Waals surface area contributed by atoms with Gasteiger partial charge in [0.2, 0.25) is 0 Å². The smallest absolute Gasteiger partial charge is 0.0513 e. The zero-order valence-corrected chi connectivity index (χ0v) is 8.21. The van der Waals surface area contributed by atoms with Gasteiger partial charge in [-0.2, -0.15) is 0 Å². The first-order valence-electron chi connectivity index (χ1n) is 5.36. The molecule has 0 unspecified atom stereocenters. The van der Waals surface area contributed by atoms with Crippen molar-refractivity contribution in [2.75, 3.05) is 39.3 Å². The maximum atomic E-state index is 4.24. The lowest BCUT2D eigenvalue weighted by molar-refractivity contribution is 0.228. The van der Waals surface area contributed by atoms with E-state index in [4.69, 9.17) is 0 Å². The molecule has 0 aromatic rings. The van der Waals surface area contributed by atoms with Crippen molar-refractivity contribution in [3.05, 3.63) is 0 Å². The first-order valence-corrected chi connectivity index (χ1v) is 5.36. The topological polar surface area (TPSA) is 27.6 Å². The largest absolute Gasteiger partial charge is 0.317 e. The Balaban J connectivity index is 1.72. The van der Waals surface area contributed by atoms with Crippen molar-refractivity contribution in [1.29, 1.82) is 0 Å². The highest BCUT2D eigenvalue weighted by Gasteiger charge is 2.16. The second-order valence-corrected chi connectivity index (χ2v) is 4.04. The standard InChI is InChI=1S/C10H19N3/c1-3-11-4-2-10(1)9-13-7-5-12-6-8-13/h5,10-11H,1-4,6-9H2. The summed E-state index contributed by atoms with van der Waals surface area (Å²) in [4.78, 5) is 6.77. The van der Waals surface area contributed by atoms with Crippen LogP contribution in [-0.2, 0) is 0 Å². The molecule has 0 atom stereocenters. The highest BCUT2D eigenvalue weighted by Crippen LogP contribution is 2.13. The Bertz CT molecular complexity index is 173. The van der Waals surface area contributed by atoms with Crippen molar-refractivity contribution in [2.45, 2.75) is 12.8 Å². The van der Waals surface area contributed by atoms with E-state index in [9.17, 15) is 0 Å². The van der Waals surface area contributed by atoms with Crippen molar-refractivity contribution < 1.29 is 0 Å². The summed E-state index contributed by atoms with van der Waals surface area (Å²) in [6.07, 6.45) is 4.77. The number of nitrogens with zero attached hydrogens (tertiary/aromatic N) is 2. The number of nitrogens with one attached hydrogen (secondary N) is 1. The molecule has 0 radical (unpaired) electrons. The monoisotopic (exact) mass is 181 g/mol. The summed E-state index contributed by atoms with van der Waals surface area (Å²) < 4.78 is 0. The summed E-state index contributed by atoms with van der Waals surface area (Å²) in [5, 5.41) is 3.41. The highest BCUT2D eigenvalue weighted by molar-refractivity contribution is 5.60. The van der Waals surface area contributed by atoms with Gasteiger partial charge in [0.05, 0.1) is 6.54 Å². The maximum Gasteiger partial charge on any atom is 0.0513 e. The minimum Gasteiger partial charge on any atom is -0.317 e. The van der Waals surface area contributed by atoms with Crippen LogP contribution in [-0.4, -0.2) is 50.4 Å². The van der Waals surface area contributed by atoms with Gasteiger partial charge in [0.1, 0.15) is 0 Å². The number of hydrogen-bond acceptors (Lipinski definition) is 3. The molecule has 0 aromatic heterocycles. The molecule has 1 N–H and O–H groups in total. The molecule has 74 valence electrons. The van der Waals surface area contributed by atoms with Crippen molar-refractivity contribution in [1.82, 2.24) is 10.2 Å². The average Bonchev–Trinajstić information content (AvgIpc) is 2.21. The van der Waals surface area contributed by atoms with Crippen LogP contribution in [0.4, 0.5) is 0 Å². The molecular formula is C10H19N3. The van der Waals surface area contributed by atoms with Gasteiger partial charge in [0, 0.05) is 25.8 Å². The fourth-order valence-corrected chi connectivity index (χ4v) is 2.15. The van der Waals surface area contributed by atoms with Gasteiger partial charge >= 0.3 is 0 Å². The van der Waals surface area contributed by atoms with Crippen LogP contribution in [0.3, 0.4) is 0 Å². The normalized spacial score (nSPS) is 26.5. The van der Waals surface area contributed by atoms with Crippen molar-refractivity contribution in [3.63, 3.8) is 0 Å². The summed E-state index contributed by atoms with van der Waals surface area (Å²) in [5.41, 5.74) is 0. The Morgan fingerprint density at radius 2 is 2.23 bits per heavy atom. The quantitative estimate of drug-likeness (QED) is 0.666. The summed E-state index contributed by atoms with van der Waals surface area (Å²) >= 11 is 0. The molecule has 13 heavy (non-hydrogen) atoms. The summed E-state index contributed by atoms with van der Waals surface area (Å²) in [7, 11) is 0. The first-order chi connectivity index (χ1) is 6.45. The zero-order chi connectivity index (χ0) is 8.93. The van der Waals surface area contributed by atoms with Crippen LogP contribution in [0.25, 0.3) is 0 Å². The molecule has 2 heterocycles. The van der Waals surface area contributed by atoms with E-state index in [0.29, 0.717) is 0 Å². The second-order valence-electron chi connectivity index (χ2n) is 4.04. The molecule has 2 rings (SSSR count). The van der Waals surface area contributed by atoms with E-state index in [2.05, 4.69) is 21.4 Å². The number of aliphatic imine (C=N–C) groups is 1. The third kappa shape index (κ3) is 2.78. The van der Waals surface area contributed by atoms with E-state index < -0.39 is 0 Å². The Labute approximate surface area is 80.2 Å². The van der Waals surface area contributed by atoms with Gasteiger partial charge in [-0.05, 0) is 31.8 Å². The third-order valence-electron chi connectivity index (χ3n) is 2.99. The lowest BCUT2D eigenvalue weighted by Gasteiger charge is -2.30. The molecule has 3 heteroatoms. The van der Waals surface area contributed by atoms with E-state index >= 15 is 0 Å². The van der Waals surface area contributed by atoms with Crippen LogP contribution in [0, 0.1) is 5.92 Å². The van der Waals surface area contributed by atoms with Crippen LogP contribution in [0.5, 0.6) is 0 Å². The Morgan fingerprint density at radius 1 is 1.38 bits per heavy atom. The lowest BCUT2D eigenvalue weighted by Crippen LogP contribution is -2.39. The Morgan fingerprint density at radius 3 is 2.92 bits per heavy atom. The SMILES string of the molecule is C1=NCCN(CC2CCNCC2)C1. The summed E-state index contributed by atoms with van der Waals surface area (Å²) in [6.45, 7) is 6.96. The first kappa shape index (κ1) is 9.16. The molecule has 0 aliphatic carbocycles. The fraction of sp³-hybridized carbons (Fsp3) is 0.900. The van der Waals surface area contributed by atoms with Crippen LogP contribution in [0.15, 0.2) is 4.99 Å². The number of hydrogen-bond donors (Lipinski definition) is 1. The van der Waals surface area contributed by atoms with Gasteiger partial charge < -0.3 is 5.32 Å². The van der Waals surface area contributed by atoms with Crippen LogP contribution < -0.4 is 5.32 Å². The van der Waals surface area contributed by atoms with Crippen LogP contribution in [0.2, 0.25) is 0 Å². The summed E-state index contributed by atoms with van der Waals surface area (Å²) in [5.74, 6) is 0.924. The minimum atomic E-state index is 0.924.